The van der Waals surface area contributed by atoms with Gasteiger partial charge < -0.3 is 14.4 Å². The van der Waals surface area contributed by atoms with Crippen LogP contribution >= 0.6 is 0 Å². The van der Waals surface area contributed by atoms with Crippen molar-refractivity contribution in [1.29, 1.82) is 0 Å². The third-order valence-corrected chi connectivity index (χ3v) is 4.98. The summed E-state index contributed by atoms with van der Waals surface area (Å²) in [6, 6.07) is 7.57. The number of carbonyl (C=O) groups is 1. The van der Waals surface area contributed by atoms with Crippen LogP contribution in [-0.4, -0.2) is 43.3 Å². The van der Waals surface area contributed by atoms with Crippen molar-refractivity contribution in [3.8, 4) is 5.75 Å². The average molecular weight is 377 g/mol. The topological polar surface area (TPSA) is 50.8 Å². The van der Waals surface area contributed by atoms with Crippen LogP contribution < -0.4 is 10.1 Å². The number of rotatable bonds is 11. The van der Waals surface area contributed by atoms with Crippen LogP contribution in [0.1, 0.15) is 65.2 Å². The first-order chi connectivity index (χ1) is 13.2. The van der Waals surface area contributed by atoms with Gasteiger partial charge in [-0.1, -0.05) is 51.7 Å². The van der Waals surface area contributed by atoms with Gasteiger partial charge >= 0.3 is 6.09 Å². The molecule has 0 unspecified atom stereocenters. The zero-order chi connectivity index (χ0) is 19.3. The molecule has 27 heavy (non-hydrogen) atoms. The third-order valence-electron chi connectivity index (χ3n) is 4.98. The molecule has 1 aliphatic heterocycles. The lowest BCUT2D eigenvalue weighted by atomic mass is 10.1. The van der Waals surface area contributed by atoms with E-state index in [-0.39, 0.29) is 12.2 Å². The number of benzene rings is 1. The lowest BCUT2D eigenvalue weighted by molar-refractivity contribution is 0.0590. The highest BCUT2D eigenvalue weighted by Crippen LogP contribution is 2.25. The minimum absolute atomic E-state index is 0.00440. The first kappa shape index (κ1) is 21.5. The van der Waals surface area contributed by atoms with Crippen molar-refractivity contribution >= 4 is 11.8 Å². The van der Waals surface area contributed by atoms with E-state index in [1.54, 1.807) is 0 Å². The fraction of sp³-hybridized carbons (Fsp3) is 0.682. The van der Waals surface area contributed by atoms with E-state index >= 15 is 0 Å². The Hall–Kier alpha value is -1.75. The molecule has 1 aromatic rings. The molecule has 5 heteroatoms. The van der Waals surface area contributed by atoms with Gasteiger partial charge in [-0.3, -0.25) is 5.32 Å². The highest BCUT2D eigenvalue weighted by Gasteiger charge is 2.22. The van der Waals surface area contributed by atoms with Crippen molar-refractivity contribution in [3.05, 3.63) is 24.3 Å². The van der Waals surface area contributed by atoms with Crippen LogP contribution in [0, 0.1) is 0 Å². The maximum absolute atomic E-state index is 12.3. The highest BCUT2D eigenvalue weighted by molar-refractivity contribution is 5.86. The first-order valence-electron chi connectivity index (χ1n) is 10.6. The molecule has 1 amide bonds. The van der Waals surface area contributed by atoms with E-state index in [9.17, 15) is 4.79 Å². The van der Waals surface area contributed by atoms with Crippen LogP contribution in [0.5, 0.6) is 5.75 Å². The second-order valence-electron chi connectivity index (χ2n) is 7.33. The maximum Gasteiger partial charge on any atom is 0.412 e. The number of amides is 1. The molecule has 0 spiro atoms. The molecule has 1 heterocycles. The summed E-state index contributed by atoms with van der Waals surface area (Å²) in [5, 5.41) is 2.86. The number of anilines is 1. The quantitative estimate of drug-likeness (QED) is 0.521. The van der Waals surface area contributed by atoms with Crippen LogP contribution in [0.15, 0.2) is 24.3 Å². The molecule has 2 rings (SSSR count). The Morgan fingerprint density at radius 3 is 2.56 bits per heavy atom. The summed E-state index contributed by atoms with van der Waals surface area (Å²) >= 11 is 0. The van der Waals surface area contributed by atoms with Gasteiger partial charge in [0.1, 0.15) is 11.9 Å². The van der Waals surface area contributed by atoms with Crippen LogP contribution in [0.25, 0.3) is 0 Å². The molecule has 1 aliphatic rings. The summed E-state index contributed by atoms with van der Waals surface area (Å²) in [5.41, 5.74) is 0.680. The van der Waals surface area contributed by atoms with Crippen molar-refractivity contribution in [2.45, 2.75) is 71.3 Å². The summed E-state index contributed by atoms with van der Waals surface area (Å²) < 4.78 is 11.5. The number of likely N-dealkylation sites (tertiary alicyclic amines) is 1. The summed E-state index contributed by atoms with van der Waals surface area (Å²) in [7, 11) is 0. The zero-order valence-electron chi connectivity index (χ0n) is 17.0. The molecule has 0 atom stereocenters. The molecule has 152 valence electrons. The van der Waals surface area contributed by atoms with Crippen molar-refractivity contribution in [1.82, 2.24) is 4.90 Å². The number of hydrogen-bond acceptors (Lipinski definition) is 4. The van der Waals surface area contributed by atoms with Gasteiger partial charge in [-0.25, -0.2) is 4.79 Å². The normalized spacial score (nSPS) is 15.5. The number of nitrogens with one attached hydrogen (secondary N) is 1. The molecule has 1 fully saturated rings. The molecule has 0 radical (unpaired) electrons. The largest absolute Gasteiger partial charge is 0.491 e. The first-order valence-corrected chi connectivity index (χ1v) is 10.6. The molecule has 0 aromatic heterocycles. The van der Waals surface area contributed by atoms with Crippen LogP contribution in [0.3, 0.4) is 0 Å². The Morgan fingerprint density at radius 2 is 1.81 bits per heavy atom. The summed E-state index contributed by atoms with van der Waals surface area (Å²) in [4.78, 5) is 14.7. The standard InChI is InChI=1S/C22H36N2O3/c1-3-5-6-7-10-18-26-21-12-9-8-11-20(21)23-22(25)27-19-13-16-24(15-4-2)17-14-19/h8-9,11-12,19H,3-7,10,13-18H2,1-2H3,(H,23,25). The van der Waals surface area contributed by atoms with Crippen molar-refractivity contribution < 1.29 is 14.3 Å². The number of hydrogen-bond donors (Lipinski definition) is 1. The Labute approximate surface area is 164 Å². The average Bonchev–Trinajstić information content (AvgIpc) is 2.67. The number of nitrogens with zero attached hydrogens (tertiary/aromatic N) is 1. The molecule has 5 nitrogen and oxygen atoms in total. The van der Waals surface area contributed by atoms with E-state index in [1.165, 1.54) is 32.1 Å². The number of unbranched alkanes of at least 4 members (excludes halogenated alkanes) is 4. The Kier molecular flexibility index (Phi) is 10.1. The van der Waals surface area contributed by atoms with Gasteiger partial charge in [0.15, 0.2) is 0 Å². The fourth-order valence-corrected chi connectivity index (χ4v) is 3.44. The van der Waals surface area contributed by atoms with Gasteiger partial charge in [0.2, 0.25) is 0 Å². The van der Waals surface area contributed by atoms with Gasteiger partial charge in [-0.2, -0.15) is 0 Å². The smallest absolute Gasteiger partial charge is 0.412 e. The third kappa shape index (κ3) is 8.21. The Balaban J connectivity index is 1.73. The second kappa shape index (κ2) is 12.6. The van der Waals surface area contributed by atoms with E-state index in [2.05, 4.69) is 24.1 Å². The highest BCUT2D eigenvalue weighted by atomic mass is 16.6. The summed E-state index contributed by atoms with van der Waals surface area (Å²) in [6.07, 6.45) is 8.59. The van der Waals surface area contributed by atoms with Crippen LogP contribution in [-0.2, 0) is 4.74 Å². The van der Waals surface area contributed by atoms with Crippen molar-refractivity contribution in [2.24, 2.45) is 0 Å². The van der Waals surface area contributed by atoms with Crippen LogP contribution in [0.2, 0.25) is 0 Å². The van der Waals surface area contributed by atoms with E-state index in [4.69, 9.17) is 9.47 Å². The van der Waals surface area contributed by atoms with Gasteiger partial charge in [0, 0.05) is 13.1 Å². The van der Waals surface area contributed by atoms with E-state index in [0.29, 0.717) is 18.0 Å². The molecular weight excluding hydrogens is 340 g/mol. The fourth-order valence-electron chi connectivity index (χ4n) is 3.44. The predicted molar refractivity (Wildman–Crippen MR) is 111 cm³/mol. The molecule has 1 saturated heterocycles. The number of ether oxygens (including phenoxy) is 2. The van der Waals surface area contributed by atoms with Crippen molar-refractivity contribution in [3.63, 3.8) is 0 Å². The number of piperidine rings is 1. The monoisotopic (exact) mass is 376 g/mol. The van der Waals surface area contributed by atoms with E-state index < -0.39 is 0 Å². The van der Waals surface area contributed by atoms with Gasteiger partial charge in [0.25, 0.3) is 0 Å². The molecular formula is C22H36N2O3. The molecule has 0 aliphatic carbocycles. The molecule has 1 N–H and O–H groups in total. The minimum Gasteiger partial charge on any atom is -0.491 e. The van der Waals surface area contributed by atoms with Gasteiger partial charge in [-0.15, -0.1) is 0 Å². The van der Waals surface area contributed by atoms with E-state index in [1.807, 2.05) is 24.3 Å². The number of carbonyl (C=O) groups excluding carboxylic acids is 1. The minimum atomic E-state index is -0.386. The lowest BCUT2D eigenvalue weighted by Crippen LogP contribution is -2.38. The molecule has 0 saturated carbocycles. The predicted octanol–water partition coefficient (Wildman–Crippen LogP) is 5.46. The number of para-hydroxylation sites is 2. The second-order valence-corrected chi connectivity index (χ2v) is 7.33. The zero-order valence-corrected chi connectivity index (χ0v) is 17.0. The summed E-state index contributed by atoms with van der Waals surface area (Å²) in [5.74, 6) is 0.711. The Bertz CT molecular complexity index is 542. The van der Waals surface area contributed by atoms with E-state index in [0.717, 1.165) is 38.9 Å². The van der Waals surface area contributed by atoms with Gasteiger partial charge in [-0.05, 0) is 44.4 Å². The van der Waals surface area contributed by atoms with Crippen molar-refractivity contribution in [2.75, 3.05) is 31.6 Å². The molecule has 1 aromatic carbocycles. The molecule has 0 bridgehead atoms. The van der Waals surface area contributed by atoms with Gasteiger partial charge in [0.05, 0.1) is 12.3 Å². The SMILES string of the molecule is CCCCCCCOc1ccccc1NC(=O)OC1CCN(CCC)CC1. The maximum atomic E-state index is 12.3. The Morgan fingerprint density at radius 1 is 1.07 bits per heavy atom. The summed E-state index contributed by atoms with van der Waals surface area (Å²) in [6.45, 7) is 8.22. The lowest BCUT2D eigenvalue weighted by Gasteiger charge is -2.31. The van der Waals surface area contributed by atoms with Crippen LogP contribution in [0.4, 0.5) is 10.5 Å².